The minimum absolute atomic E-state index is 0.135. The Morgan fingerprint density at radius 2 is 2.00 bits per heavy atom. The highest BCUT2D eigenvalue weighted by Crippen LogP contribution is 2.27. The molecule has 0 N–H and O–H groups in total. The number of aromatic nitrogens is 1. The van der Waals surface area contributed by atoms with Crippen molar-refractivity contribution in [2.45, 2.75) is 0 Å². The smallest absolute Gasteiger partial charge is 0.259 e. The van der Waals surface area contributed by atoms with Crippen LogP contribution in [0.15, 0.2) is 47.2 Å². The fourth-order valence-electron chi connectivity index (χ4n) is 1.71. The zero-order chi connectivity index (χ0) is 13.8. The normalized spacial score (nSPS) is 10.1. The summed E-state index contributed by atoms with van der Waals surface area (Å²) in [5.41, 5.74) is 1.24. The molecule has 0 saturated heterocycles. The van der Waals surface area contributed by atoms with E-state index in [2.05, 4.69) is 20.9 Å². The van der Waals surface area contributed by atoms with Crippen LogP contribution >= 0.6 is 15.9 Å². The van der Waals surface area contributed by atoms with E-state index < -0.39 is 0 Å². The second-order valence-corrected chi connectivity index (χ2v) is 4.72. The molecule has 1 amide bonds. The van der Waals surface area contributed by atoms with Gasteiger partial charge in [0.2, 0.25) is 0 Å². The predicted molar refractivity (Wildman–Crippen MR) is 77.7 cm³/mol. The highest BCUT2D eigenvalue weighted by molar-refractivity contribution is 9.10. The molecule has 4 nitrogen and oxygen atoms in total. The van der Waals surface area contributed by atoms with E-state index in [1.165, 1.54) is 0 Å². The molecule has 0 radical (unpaired) electrons. The number of hydrogen-bond acceptors (Lipinski definition) is 3. The zero-order valence-electron chi connectivity index (χ0n) is 10.6. The van der Waals surface area contributed by atoms with E-state index in [4.69, 9.17) is 4.74 Å². The van der Waals surface area contributed by atoms with Crippen LogP contribution in [-0.4, -0.2) is 25.0 Å². The number of nitrogens with zero attached hydrogens (tertiary/aromatic N) is 2. The van der Waals surface area contributed by atoms with Crippen LogP contribution in [0.4, 0.5) is 5.69 Å². The molecule has 1 aromatic carbocycles. The van der Waals surface area contributed by atoms with Crippen LogP contribution in [0.1, 0.15) is 10.4 Å². The van der Waals surface area contributed by atoms with Crippen LogP contribution in [0.25, 0.3) is 0 Å². The molecular weight excluding hydrogens is 308 g/mol. The number of ether oxygens (including phenoxy) is 1. The van der Waals surface area contributed by atoms with Crippen molar-refractivity contribution in [1.29, 1.82) is 0 Å². The maximum atomic E-state index is 12.3. The number of anilines is 1. The van der Waals surface area contributed by atoms with Crippen LogP contribution in [0.3, 0.4) is 0 Å². The minimum atomic E-state index is -0.135. The van der Waals surface area contributed by atoms with Gasteiger partial charge in [0.15, 0.2) is 0 Å². The number of para-hydroxylation sites is 2. The summed E-state index contributed by atoms with van der Waals surface area (Å²) in [6, 6.07) is 10.8. The fourth-order valence-corrected chi connectivity index (χ4v) is 1.95. The summed E-state index contributed by atoms with van der Waals surface area (Å²) in [6.07, 6.45) is 1.54. The van der Waals surface area contributed by atoms with Gasteiger partial charge in [-0.1, -0.05) is 12.1 Å². The minimum Gasteiger partial charge on any atom is -0.495 e. The topological polar surface area (TPSA) is 42.4 Å². The van der Waals surface area contributed by atoms with Crippen LogP contribution in [0, 0.1) is 0 Å². The predicted octanol–water partition coefficient (Wildman–Crippen LogP) is 3.13. The van der Waals surface area contributed by atoms with E-state index in [1.807, 2.05) is 24.3 Å². The van der Waals surface area contributed by atoms with Gasteiger partial charge in [-0.25, -0.2) is 4.98 Å². The first kappa shape index (κ1) is 13.5. The van der Waals surface area contributed by atoms with Crippen molar-refractivity contribution in [3.8, 4) is 5.75 Å². The first-order valence-corrected chi connectivity index (χ1v) is 6.45. The molecule has 0 aliphatic heterocycles. The lowest BCUT2D eigenvalue weighted by molar-refractivity contribution is 0.0992. The standard InChI is InChI=1S/C14H13BrN2O2/c1-17(11-5-3-4-6-12(11)19-2)14(18)10-7-8-13(15)16-9-10/h3-9H,1-2H3. The summed E-state index contributed by atoms with van der Waals surface area (Å²) in [7, 11) is 3.29. The molecule has 0 saturated carbocycles. The molecule has 1 aromatic heterocycles. The number of carbonyl (C=O) groups is 1. The Labute approximate surface area is 120 Å². The number of carbonyl (C=O) groups excluding carboxylic acids is 1. The number of rotatable bonds is 3. The van der Waals surface area contributed by atoms with Crippen molar-refractivity contribution >= 4 is 27.5 Å². The van der Waals surface area contributed by atoms with Gasteiger partial charge in [0.1, 0.15) is 10.4 Å². The van der Waals surface area contributed by atoms with Crippen LogP contribution in [0.2, 0.25) is 0 Å². The molecule has 0 atom stereocenters. The molecule has 0 fully saturated rings. The maximum Gasteiger partial charge on any atom is 0.259 e. The zero-order valence-corrected chi connectivity index (χ0v) is 12.2. The number of amides is 1. The largest absolute Gasteiger partial charge is 0.495 e. The van der Waals surface area contributed by atoms with Crippen molar-refractivity contribution in [2.24, 2.45) is 0 Å². The summed E-state index contributed by atoms with van der Waals surface area (Å²) >= 11 is 3.24. The number of hydrogen-bond donors (Lipinski definition) is 0. The number of methoxy groups -OCH3 is 1. The Bertz CT molecular complexity index is 584. The molecule has 2 rings (SSSR count). The molecule has 5 heteroatoms. The maximum absolute atomic E-state index is 12.3. The fraction of sp³-hybridized carbons (Fsp3) is 0.143. The number of benzene rings is 1. The van der Waals surface area contributed by atoms with E-state index in [0.717, 1.165) is 5.69 Å². The number of halogens is 1. The lowest BCUT2D eigenvalue weighted by Crippen LogP contribution is -2.26. The highest BCUT2D eigenvalue weighted by atomic mass is 79.9. The van der Waals surface area contributed by atoms with Gasteiger partial charge in [-0.15, -0.1) is 0 Å². The van der Waals surface area contributed by atoms with E-state index in [1.54, 1.807) is 37.4 Å². The Morgan fingerprint density at radius 1 is 1.26 bits per heavy atom. The van der Waals surface area contributed by atoms with Gasteiger partial charge in [0, 0.05) is 13.2 Å². The molecule has 0 unspecified atom stereocenters. The van der Waals surface area contributed by atoms with Gasteiger partial charge >= 0.3 is 0 Å². The third-order valence-corrected chi connectivity index (χ3v) is 3.19. The van der Waals surface area contributed by atoms with Crippen LogP contribution in [-0.2, 0) is 0 Å². The second kappa shape index (κ2) is 5.84. The molecule has 0 bridgehead atoms. The van der Waals surface area contributed by atoms with Crippen molar-refractivity contribution in [1.82, 2.24) is 4.98 Å². The van der Waals surface area contributed by atoms with Gasteiger partial charge < -0.3 is 9.64 Å². The quantitative estimate of drug-likeness (QED) is 0.816. The Kier molecular flexibility index (Phi) is 4.16. The summed E-state index contributed by atoms with van der Waals surface area (Å²) in [5, 5.41) is 0. The third kappa shape index (κ3) is 2.93. The molecule has 98 valence electrons. The highest BCUT2D eigenvalue weighted by Gasteiger charge is 2.16. The first-order chi connectivity index (χ1) is 9.13. The lowest BCUT2D eigenvalue weighted by Gasteiger charge is -2.19. The van der Waals surface area contributed by atoms with E-state index >= 15 is 0 Å². The van der Waals surface area contributed by atoms with E-state index in [0.29, 0.717) is 15.9 Å². The summed E-state index contributed by atoms with van der Waals surface area (Å²) < 4.78 is 5.95. The Hall–Kier alpha value is -1.88. The SMILES string of the molecule is COc1ccccc1N(C)C(=O)c1ccc(Br)nc1. The van der Waals surface area contributed by atoms with Gasteiger partial charge in [-0.2, -0.15) is 0 Å². The summed E-state index contributed by atoms with van der Waals surface area (Å²) in [5.74, 6) is 0.521. The molecule has 1 heterocycles. The van der Waals surface area contributed by atoms with Gasteiger partial charge in [0.25, 0.3) is 5.91 Å². The van der Waals surface area contributed by atoms with E-state index in [-0.39, 0.29) is 5.91 Å². The van der Waals surface area contributed by atoms with Crippen molar-refractivity contribution < 1.29 is 9.53 Å². The summed E-state index contributed by atoms with van der Waals surface area (Å²) in [4.78, 5) is 17.9. The first-order valence-electron chi connectivity index (χ1n) is 5.66. The van der Waals surface area contributed by atoms with Gasteiger partial charge in [0.05, 0.1) is 18.4 Å². The van der Waals surface area contributed by atoms with Crippen molar-refractivity contribution in [3.63, 3.8) is 0 Å². The molecule has 0 spiro atoms. The van der Waals surface area contributed by atoms with Crippen LogP contribution < -0.4 is 9.64 Å². The van der Waals surface area contributed by atoms with Gasteiger partial charge in [-0.3, -0.25) is 4.79 Å². The van der Waals surface area contributed by atoms with Crippen LogP contribution in [0.5, 0.6) is 5.75 Å². The second-order valence-electron chi connectivity index (χ2n) is 3.91. The van der Waals surface area contributed by atoms with E-state index in [9.17, 15) is 4.79 Å². The third-order valence-electron chi connectivity index (χ3n) is 2.73. The number of pyridine rings is 1. The Balaban J connectivity index is 2.30. The molecule has 2 aromatic rings. The van der Waals surface area contributed by atoms with Crippen molar-refractivity contribution in [2.75, 3.05) is 19.1 Å². The molecule has 0 aliphatic carbocycles. The molecule has 19 heavy (non-hydrogen) atoms. The lowest BCUT2D eigenvalue weighted by atomic mass is 10.2. The average molecular weight is 321 g/mol. The van der Waals surface area contributed by atoms with Gasteiger partial charge in [-0.05, 0) is 40.2 Å². The monoisotopic (exact) mass is 320 g/mol. The Morgan fingerprint density at radius 3 is 2.63 bits per heavy atom. The average Bonchev–Trinajstić information content (AvgIpc) is 2.46. The molecule has 0 aliphatic rings. The molecular formula is C14H13BrN2O2. The van der Waals surface area contributed by atoms with Crippen molar-refractivity contribution in [3.05, 3.63) is 52.8 Å². The summed E-state index contributed by atoms with van der Waals surface area (Å²) in [6.45, 7) is 0.